The smallest absolute Gasteiger partial charge is 0.282 e. The van der Waals surface area contributed by atoms with E-state index in [1.165, 1.54) is 6.33 Å². The van der Waals surface area contributed by atoms with Gasteiger partial charge in [-0.2, -0.15) is 10.4 Å². The summed E-state index contributed by atoms with van der Waals surface area (Å²) < 4.78 is 3.16. The molecule has 9 heteroatoms. The summed E-state index contributed by atoms with van der Waals surface area (Å²) in [5.74, 6) is 1.00. The number of para-hydroxylation sites is 1. The van der Waals surface area contributed by atoms with Crippen LogP contribution in [0.1, 0.15) is 24.4 Å². The molecule has 0 amide bonds. The molecule has 1 aromatic carbocycles. The Labute approximate surface area is 170 Å². The molecule has 0 saturated carbocycles. The first-order valence-electron chi connectivity index (χ1n) is 9.32. The van der Waals surface area contributed by atoms with E-state index in [2.05, 4.69) is 31.4 Å². The first-order valence-corrected chi connectivity index (χ1v) is 9.32. The summed E-state index contributed by atoms with van der Waals surface area (Å²) >= 11 is 0. The van der Waals surface area contributed by atoms with E-state index in [0.717, 1.165) is 5.69 Å². The second-order valence-corrected chi connectivity index (χ2v) is 6.80. The third-order valence-electron chi connectivity index (χ3n) is 4.93. The summed E-state index contributed by atoms with van der Waals surface area (Å²) in [5, 5.41) is 18.0. The van der Waals surface area contributed by atoms with Crippen molar-refractivity contribution in [1.29, 1.82) is 5.26 Å². The fourth-order valence-corrected chi connectivity index (χ4v) is 3.54. The summed E-state index contributed by atoms with van der Waals surface area (Å²) in [6.45, 7) is 1.89. The fraction of sp³-hybridized carbons (Fsp3) is 0.0952. The lowest BCUT2D eigenvalue weighted by molar-refractivity contribution is 0.673. The van der Waals surface area contributed by atoms with Gasteiger partial charge in [0.15, 0.2) is 5.82 Å². The number of hydrogen-bond acceptors (Lipinski definition) is 6. The number of nitriles is 1. The average molecular weight is 396 g/mol. The SMILES string of the molecule is CC(Nc1ncnc2[nH]cc(C#N)c12)c1nn2cccc2c(=O)n1-c1ccccc1. The third-order valence-corrected chi connectivity index (χ3v) is 4.93. The van der Waals surface area contributed by atoms with E-state index in [1.807, 2.05) is 37.3 Å². The minimum atomic E-state index is -0.399. The molecule has 146 valence electrons. The molecule has 0 bridgehead atoms. The number of anilines is 1. The van der Waals surface area contributed by atoms with Crippen molar-refractivity contribution in [1.82, 2.24) is 29.1 Å². The van der Waals surface area contributed by atoms with Gasteiger partial charge in [-0.1, -0.05) is 18.2 Å². The molecule has 0 aliphatic rings. The minimum absolute atomic E-state index is 0.169. The first kappa shape index (κ1) is 17.6. The van der Waals surface area contributed by atoms with Crippen LogP contribution in [0.5, 0.6) is 0 Å². The molecule has 5 aromatic rings. The molecule has 0 radical (unpaired) electrons. The molecular weight excluding hydrogens is 380 g/mol. The maximum Gasteiger partial charge on any atom is 0.282 e. The Morgan fingerprint density at radius 2 is 2.00 bits per heavy atom. The zero-order valence-electron chi connectivity index (χ0n) is 15.9. The molecule has 1 atom stereocenters. The number of fused-ring (bicyclic) bond motifs is 2. The van der Waals surface area contributed by atoms with E-state index < -0.39 is 6.04 Å². The van der Waals surface area contributed by atoms with Crippen LogP contribution in [0.15, 0.2) is 66.0 Å². The molecule has 0 saturated heterocycles. The highest BCUT2D eigenvalue weighted by Gasteiger charge is 2.20. The van der Waals surface area contributed by atoms with Crippen LogP contribution in [0.25, 0.3) is 22.2 Å². The van der Waals surface area contributed by atoms with E-state index >= 15 is 0 Å². The molecular formula is C21H16N8O. The number of hydrogen-bond donors (Lipinski definition) is 2. The van der Waals surface area contributed by atoms with Gasteiger partial charge in [0.05, 0.1) is 22.7 Å². The van der Waals surface area contributed by atoms with E-state index in [0.29, 0.717) is 33.8 Å². The van der Waals surface area contributed by atoms with Gasteiger partial charge in [0.2, 0.25) is 0 Å². The summed E-state index contributed by atoms with van der Waals surface area (Å²) in [4.78, 5) is 24.7. The Morgan fingerprint density at radius 1 is 1.17 bits per heavy atom. The van der Waals surface area contributed by atoms with Crippen LogP contribution in [0.4, 0.5) is 5.82 Å². The van der Waals surface area contributed by atoms with Gasteiger partial charge < -0.3 is 10.3 Å². The first-order chi connectivity index (χ1) is 14.7. The monoisotopic (exact) mass is 396 g/mol. The molecule has 30 heavy (non-hydrogen) atoms. The summed E-state index contributed by atoms with van der Waals surface area (Å²) in [6.07, 6.45) is 4.76. The highest BCUT2D eigenvalue weighted by atomic mass is 16.1. The topological polar surface area (TPSA) is 117 Å². The Bertz CT molecular complexity index is 1470. The molecule has 0 aliphatic heterocycles. The Hall–Kier alpha value is -4.45. The highest BCUT2D eigenvalue weighted by molar-refractivity contribution is 5.92. The van der Waals surface area contributed by atoms with Gasteiger partial charge in [-0.3, -0.25) is 9.36 Å². The molecule has 2 N–H and O–H groups in total. The van der Waals surface area contributed by atoms with E-state index in [9.17, 15) is 10.1 Å². The van der Waals surface area contributed by atoms with Crippen LogP contribution in [0.2, 0.25) is 0 Å². The molecule has 4 heterocycles. The fourth-order valence-electron chi connectivity index (χ4n) is 3.54. The van der Waals surface area contributed by atoms with Crippen molar-refractivity contribution in [2.75, 3.05) is 5.32 Å². The predicted octanol–water partition coefficient (Wildman–Crippen LogP) is 2.80. The zero-order chi connectivity index (χ0) is 20.7. The number of aromatic nitrogens is 6. The van der Waals surface area contributed by atoms with Crippen LogP contribution >= 0.6 is 0 Å². The third kappa shape index (κ3) is 2.70. The van der Waals surface area contributed by atoms with E-state index in [4.69, 9.17) is 0 Å². The quantitative estimate of drug-likeness (QED) is 0.482. The van der Waals surface area contributed by atoms with Gasteiger partial charge in [-0.15, -0.1) is 0 Å². The number of nitrogens with zero attached hydrogens (tertiary/aromatic N) is 6. The van der Waals surface area contributed by atoms with Gasteiger partial charge in [0, 0.05) is 12.4 Å². The maximum absolute atomic E-state index is 13.2. The van der Waals surface area contributed by atoms with Crippen molar-refractivity contribution < 1.29 is 0 Å². The second kappa shape index (κ2) is 6.86. The molecule has 4 aromatic heterocycles. The lowest BCUT2D eigenvalue weighted by atomic mass is 10.2. The molecule has 1 unspecified atom stereocenters. The number of H-pyrrole nitrogens is 1. The number of rotatable bonds is 4. The lowest BCUT2D eigenvalue weighted by Crippen LogP contribution is -2.29. The van der Waals surface area contributed by atoms with Crippen molar-refractivity contribution in [2.45, 2.75) is 13.0 Å². The lowest BCUT2D eigenvalue weighted by Gasteiger charge is -2.19. The van der Waals surface area contributed by atoms with Crippen LogP contribution in [-0.4, -0.2) is 29.1 Å². The normalized spacial score (nSPS) is 12.1. The Morgan fingerprint density at radius 3 is 2.80 bits per heavy atom. The molecule has 5 rings (SSSR count). The van der Waals surface area contributed by atoms with Crippen molar-refractivity contribution in [3.05, 3.63) is 82.9 Å². The average Bonchev–Trinajstić information content (AvgIpc) is 3.41. The van der Waals surface area contributed by atoms with E-state index in [-0.39, 0.29) is 5.56 Å². The van der Waals surface area contributed by atoms with Crippen molar-refractivity contribution in [3.8, 4) is 11.8 Å². The minimum Gasteiger partial charge on any atom is -0.360 e. The number of aromatic amines is 1. The Balaban J connectivity index is 1.68. The number of benzene rings is 1. The van der Waals surface area contributed by atoms with Gasteiger partial charge in [-0.25, -0.2) is 14.5 Å². The van der Waals surface area contributed by atoms with Crippen molar-refractivity contribution >= 4 is 22.4 Å². The summed E-state index contributed by atoms with van der Waals surface area (Å²) in [5.41, 5.74) is 2.03. The standard InChI is InChI=1S/C21H16N8O/c1-13(26-19-17-14(10-22)11-23-18(17)24-12-25-19)20-27-28-9-5-8-16(28)21(30)29(20)15-6-3-2-4-7-15/h2-9,11-13H,1H3,(H2,23,24,25,26). The van der Waals surface area contributed by atoms with Crippen molar-refractivity contribution in [2.24, 2.45) is 0 Å². The zero-order valence-corrected chi connectivity index (χ0v) is 15.9. The number of nitrogens with one attached hydrogen (secondary N) is 2. The largest absolute Gasteiger partial charge is 0.360 e. The van der Waals surface area contributed by atoms with Crippen LogP contribution in [0.3, 0.4) is 0 Å². The van der Waals surface area contributed by atoms with Crippen LogP contribution < -0.4 is 10.9 Å². The molecule has 9 nitrogen and oxygen atoms in total. The molecule has 0 spiro atoms. The molecule has 0 aliphatic carbocycles. The van der Waals surface area contributed by atoms with Crippen LogP contribution in [0, 0.1) is 11.3 Å². The molecule has 0 fully saturated rings. The van der Waals surface area contributed by atoms with Gasteiger partial charge in [0.1, 0.15) is 29.4 Å². The maximum atomic E-state index is 13.2. The highest BCUT2D eigenvalue weighted by Crippen LogP contribution is 2.26. The predicted molar refractivity (Wildman–Crippen MR) is 111 cm³/mol. The van der Waals surface area contributed by atoms with Gasteiger partial charge in [0.25, 0.3) is 5.56 Å². The Kier molecular flexibility index (Phi) is 4.03. The second-order valence-electron chi connectivity index (χ2n) is 6.80. The van der Waals surface area contributed by atoms with Gasteiger partial charge >= 0.3 is 0 Å². The van der Waals surface area contributed by atoms with Crippen molar-refractivity contribution in [3.63, 3.8) is 0 Å². The summed E-state index contributed by atoms with van der Waals surface area (Å²) in [6, 6.07) is 14.6. The van der Waals surface area contributed by atoms with Gasteiger partial charge in [-0.05, 0) is 31.2 Å². The van der Waals surface area contributed by atoms with E-state index in [1.54, 1.807) is 33.6 Å². The summed E-state index contributed by atoms with van der Waals surface area (Å²) in [7, 11) is 0. The van der Waals surface area contributed by atoms with Crippen LogP contribution in [-0.2, 0) is 0 Å².